The van der Waals surface area contributed by atoms with Crippen molar-refractivity contribution in [1.29, 1.82) is 0 Å². The van der Waals surface area contributed by atoms with Crippen LogP contribution in [0.5, 0.6) is 0 Å². The molecular weight excluding hydrogens is 541 g/mol. The zero-order valence-corrected chi connectivity index (χ0v) is 24.4. The van der Waals surface area contributed by atoms with E-state index >= 15 is 0 Å². The molecule has 0 radical (unpaired) electrons. The summed E-state index contributed by atoms with van der Waals surface area (Å²) in [5.74, 6) is 0.291. The lowest BCUT2D eigenvalue weighted by Crippen LogP contribution is -2.20. The fourth-order valence-electron chi connectivity index (χ4n) is 5.84. The number of hydrogen-bond donors (Lipinski definition) is 3. The second kappa shape index (κ2) is 11.5. The summed E-state index contributed by atoms with van der Waals surface area (Å²) in [5, 5.41) is 12.0. The van der Waals surface area contributed by atoms with E-state index in [-0.39, 0.29) is 5.82 Å². The quantitative estimate of drug-likeness (QED) is 0.196. The Kier molecular flexibility index (Phi) is 7.30. The average molecular weight is 576 g/mol. The molecule has 5 heterocycles. The van der Waals surface area contributed by atoms with Crippen molar-refractivity contribution in [3.05, 3.63) is 78.5 Å². The lowest BCUT2D eigenvalue weighted by atomic mass is 10.0. The van der Waals surface area contributed by atoms with Crippen LogP contribution in [0.4, 0.5) is 10.1 Å². The van der Waals surface area contributed by atoms with Crippen molar-refractivity contribution in [3.63, 3.8) is 0 Å². The van der Waals surface area contributed by atoms with Gasteiger partial charge in [-0.25, -0.2) is 14.4 Å². The Labute approximate surface area is 249 Å². The van der Waals surface area contributed by atoms with E-state index in [1.54, 1.807) is 6.20 Å². The summed E-state index contributed by atoms with van der Waals surface area (Å²) in [5.41, 5.74) is 8.53. The summed E-state index contributed by atoms with van der Waals surface area (Å²) in [7, 11) is 4.02. The molecule has 0 amide bonds. The number of hydrogen-bond acceptors (Lipinski definition) is 7. The Morgan fingerprint density at radius 1 is 0.977 bits per heavy atom. The van der Waals surface area contributed by atoms with E-state index in [0.717, 1.165) is 70.5 Å². The summed E-state index contributed by atoms with van der Waals surface area (Å²) in [6.07, 6.45) is 8.11. The van der Waals surface area contributed by atoms with E-state index in [2.05, 4.69) is 58.5 Å². The number of rotatable bonds is 9. The first-order valence-electron chi connectivity index (χ1n) is 14.7. The van der Waals surface area contributed by atoms with Crippen LogP contribution < -0.4 is 5.32 Å². The molecule has 1 fully saturated rings. The Bertz CT molecular complexity index is 1900. The number of pyridine rings is 2. The van der Waals surface area contributed by atoms with Gasteiger partial charge >= 0.3 is 0 Å². The SMILES string of the molecule is CN(C)CCNc1cc(F)cc(-c2ccnc3nc(-c4n[nH]c5ccc(-c6cncc(CN7CCCC7)c6)cc45)[nH]c23)c1. The van der Waals surface area contributed by atoms with Gasteiger partial charge in [0, 0.05) is 60.4 Å². The molecule has 0 unspecified atom stereocenters. The van der Waals surface area contributed by atoms with Crippen molar-refractivity contribution in [1.82, 2.24) is 39.9 Å². The molecule has 0 spiro atoms. The Hall–Kier alpha value is -4.67. The fraction of sp³-hybridized carbons (Fsp3) is 0.273. The number of fused-ring (bicyclic) bond motifs is 2. The number of benzene rings is 2. The molecule has 0 atom stereocenters. The molecular formula is C33H34FN9. The van der Waals surface area contributed by atoms with Crippen LogP contribution in [0, 0.1) is 5.82 Å². The standard InChI is InChI=1S/C33H34FN9/c1-42(2)12-9-36-26-15-23(14-25(34)17-26)27-7-8-37-32-30(27)38-33(39-32)31-28-16-22(5-6-29(28)40-41-31)24-13-21(18-35-19-24)20-43-10-3-4-11-43/h5-8,13-19,36H,3-4,9-12,20H2,1-2H3,(H,40,41)(H,37,38,39). The second-order valence-electron chi connectivity index (χ2n) is 11.5. The molecule has 1 aliphatic heterocycles. The largest absolute Gasteiger partial charge is 0.384 e. The van der Waals surface area contributed by atoms with Crippen molar-refractivity contribution >= 4 is 27.8 Å². The third kappa shape index (κ3) is 5.71. The number of H-pyrrole nitrogens is 2. The maximum Gasteiger partial charge on any atom is 0.178 e. The number of likely N-dealkylation sites (tertiary alicyclic amines) is 1. The number of nitrogens with zero attached hydrogens (tertiary/aromatic N) is 6. The zero-order chi connectivity index (χ0) is 29.3. The molecule has 7 rings (SSSR count). The molecule has 0 bridgehead atoms. The van der Waals surface area contributed by atoms with Gasteiger partial charge in [-0.05, 0) is 99.2 Å². The summed E-state index contributed by atoms with van der Waals surface area (Å²) in [4.78, 5) is 21.8. The van der Waals surface area contributed by atoms with Crippen LogP contribution in [0.1, 0.15) is 18.4 Å². The molecule has 0 saturated carbocycles. The average Bonchev–Trinajstić information content (AvgIpc) is 3.76. The number of likely N-dealkylation sites (N-methyl/N-ethyl adjacent to an activating group) is 1. The van der Waals surface area contributed by atoms with Crippen LogP contribution in [-0.2, 0) is 6.54 Å². The summed E-state index contributed by atoms with van der Waals surface area (Å²) in [6.45, 7) is 4.78. The minimum Gasteiger partial charge on any atom is -0.384 e. The number of anilines is 1. The van der Waals surface area contributed by atoms with Gasteiger partial charge < -0.3 is 15.2 Å². The fourth-order valence-corrected chi connectivity index (χ4v) is 5.84. The van der Waals surface area contributed by atoms with Crippen LogP contribution in [0.15, 0.2) is 67.1 Å². The summed E-state index contributed by atoms with van der Waals surface area (Å²) >= 11 is 0. The molecule has 0 aliphatic carbocycles. The molecule has 9 nitrogen and oxygen atoms in total. The predicted octanol–water partition coefficient (Wildman–Crippen LogP) is 5.94. The van der Waals surface area contributed by atoms with Gasteiger partial charge in [-0.3, -0.25) is 15.0 Å². The number of imidazole rings is 1. The second-order valence-corrected chi connectivity index (χ2v) is 11.5. The molecule has 6 aromatic rings. The number of aromatic nitrogens is 6. The third-order valence-electron chi connectivity index (χ3n) is 8.01. The van der Waals surface area contributed by atoms with Gasteiger partial charge in [-0.2, -0.15) is 5.10 Å². The van der Waals surface area contributed by atoms with Gasteiger partial charge in [0.05, 0.1) is 11.0 Å². The van der Waals surface area contributed by atoms with Gasteiger partial charge in [-0.15, -0.1) is 0 Å². The first-order chi connectivity index (χ1) is 21.0. The maximum absolute atomic E-state index is 14.7. The summed E-state index contributed by atoms with van der Waals surface area (Å²) in [6, 6.07) is 15.4. The normalized spacial score (nSPS) is 14.0. The number of aromatic amines is 2. The van der Waals surface area contributed by atoms with Gasteiger partial charge in [-0.1, -0.05) is 6.07 Å². The van der Waals surface area contributed by atoms with E-state index in [1.165, 1.54) is 30.5 Å². The predicted molar refractivity (Wildman–Crippen MR) is 169 cm³/mol. The van der Waals surface area contributed by atoms with Crippen molar-refractivity contribution in [2.75, 3.05) is 45.6 Å². The molecule has 218 valence electrons. The molecule has 4 aromatic heterocycles. The minimum atomic E-state index is -0.306. The monoisotopic (exact) mass is 575 g/mol. The highest BCUT2D eigenvalue weighted by Gasteiger charge is 2.18. The van der Waals surface area contributed by atoms with Gasteiger partial charge in [0.2, 0.25) is 0 Å². The van der Waals surface area contributed by atoms with E-state index in [1.807, 2.05) is 44.7 Å². The first-order valence-corrected chi connectivity index (χ1v) is 14.7. The topological polar surface area (TPSA) is 102 Å². The van der Waals surface area contributed by atoms with Crippen LogP contribution in [-0.4, -0.2) is 80.2 Å². The van der Waals surface area contributed by atoms with E-state index in [4.69, 9.17) is 4.98 Å². The van der Waals surface area contributed by atoms with E-state index < -0.39 is 0 Å². The van der Waals surface area contributed by atoms with Crippen molar-refractivity contribution in [2.24, 2.45) is 0 Å². The Morgan fingerprint density at radius 3 is 2.72 bits per heavy atom. The van der Waals surface area contributed by atoms with Crippen molar-refractivity contribution in [3.8, 4) is 33.8 Å². The molecule has 1 saturated heterocycles. The summed E-state index contributed by atoms with van der Waals surface area (Å²) < 4.78 is 14.7. The van der Waals surface area contributed by atoms with Crippen molar-refractivity contribution in [2.45, 2.75) is 19.4 Å². The molecule has 10 heteroatoms. The van der Waals surface area contributed by atoms with Gasteiger partial charge in [0.25, 0.3) is 0 Å². The lowest BCUT2D eigenvalue weighted by Gasteiger charge is -2.14. The smallest absolute Gasteiger partial charge is 0.178 e. The van der Waals surface area contributed by atoms with E-state index in [0.29, 0.717) is 23.7 Å². The highest BCUT2D eigenvalue weighted by Crippen LogP contribution is 2.34. The molecule has 1 aliphatic rings. The Morgan fingerprint density at radius 2 is 1.86 bits per heavy atom. The van der Waals surface area contributed by atoms with Gasteiger partial charge in [0.15, 0.2) is 11.5 Å². The molecule has 2 aromatic carbocycles. The van der Waals surface area contributed by atoms with Crippen molar-refractivity contribution < 1.29 is 4.39 Å². The highest BCUT2D eigenvalue weighted by molar-refractivity contribution is 5.97. The first kappa shape index (κ1) is 27.2. The van der Waals surface area contributed by atoms with Crippen LogP contribution in [0.25, 0.3) is 55.8 Å². The number of halogens is 1. The highest BCUT2D eigenvalue weighted by atomic mass is 19.1. The molecule has 3 N–H and O–H groups in total. The molecule has 43 heavy (non-hydrogen) atoms. The van der Waals surface area contributed by atoms with E-state index in [9.17, 15) is 4.39 Å². The number of nitrogens with one attached hydrogen (secondary N) is 3. The van der Waals surface area contributed by atoms with Crippen LogP contribution in [0.2, 0.25) is 0 Å². The zero-order valence-electron chi connectivity index (χ0n) is 24.4. The third-order valence-corrected chi connectivity index (χ3v) is 8.01. The minimum absolute atomic E-state index is 0.306. The lowest BCUT2D eigenvalue weighted by molar-refractivity contribution is 0.331. The van der Waals surface area contributed by atoms with Crippen LogP contribution >= 0.6 is 0 Å². The Balaban J connectivity index is 1.22. The van der Waals surface area contributed by atoms with Gasteiger partial charge in [0.1, 0.15) is 11.5 Å². The maximum atomic E-state index is 14.7. The van der Waals surface area contributed by atoms with Crippen LogP contribution in [0.3, 0.4) is 0 Å².